The minimum absolute atomic E-state index is 0.160. The Balaban J connectivity index is 1.52. The molecule has 0 bridgehead atoms. The first-order chi connectivity index (χ1) is 14.9. The van der Waals surface area contributed by atoms with Crippen molar-refractivity contribution in [1.82, 2.24) is 20.6 Å². The Morgan fingerprint density at radius 1 is 1.13 bits per heavy atom. The molecule has 0 fully saturated rings. The van der Waals surface area contributed by atoms with Crippen LogP contribution in [-0.2, 0) is 25.9 Å². The number of guanidine groups is 1. The molecule has 2 aromatic heterocycles. The number of rotatable bonds is 8. The molecule has 2 heterocycles. The number of pyridine rings is 1. The van der Waals surface area contributed by atoms with E-state index >= 15 is 0 Å². The summed E-state index contributed by atoms with van der Waals surface area (Å²) >= 11 is 0.961. The van der Waals surface area contributed by atoms with Crippen LogP contribution in [0.25, 0.3) is 0 Å². The number of halogens is 3. The van der Waals surface area contributed by atoms with Crippen LogP contribution in [0.2, 0.25) is 0 Å². The molecule has 10 heteroatoms. The van der Waals surface area contributed by atoms with Gasteiger partial charge in [-0.1, -0.05) is 18.2 Å². The maximum absolute atomic E-state index is 12.7. The molecule has 3 rings (SSSR count). The summed E-state index contributed by atoms with van der Waals surface area (Å²) in [6.45, 7) is 3.49. The van der Waals surface area contributed by atoms with E-state index in [2.05, 4.69) is 25.6 Å². The molecule has 0 amide bonds. The average Bonchev–Trinajstić information content (AvgIpc) is 3.25. The lowest BCUT2D eigenvalue weighted by Gasteiger charge is -2.10. The van der Waals surface area contributed by atoms with Crippen molar-refractivity contribution in [3.63, 3.8) is 0 Å². The summed E-state index contributed by atoms with van der Waals surface area (Å²) < 4.78 is 43.7. The first kappa shape index (κ1) is 22.5. The van der Waals surface area contributed by atoms with Gasteiger partial charge in [0.1, 0.15) is 17.4 Å². The van der Waals surface area contributed by atoms with Crippen molar-refractivity contribution in [1.29, 1.82) is 0 Å². The Morgan fingerprint density at radius 2 is 1.94 bits per heavy atom. The van der Waals surface area contributed by atoms with Crippen molar-refractivity contribution in [3.05, 3.63) is 76.0 Å². The van der Waals surface area contributed by atoms with Gasteiger partial charge in [0.05, 0.1) is 18.8 Å². The third-order valence-corrected chi connectivity index (χ3v) is 4.90. The van der Waals surface area contributed by atoms with Crippen LogP contribution < -0.4 is 15.4 Å². The normalized spacial score (nSPS) is 11.9. The number of aliphatic imine (C=N–C) groups is 1. The van der Waals surface area contributed by atoms with Crippen molar-refractivity contribution < 1.29 is 17.9 Å². The molecule has 6 nitrogen and oxygen atoms in total. The second-order valence-corrected chi connectivity index (χ2v) is 7.37. The van der Waals surface area contributed by atoms with Gasteiger partial charge < -0.3 is 15.4 Å². The Hall–Kier alpha value is -3.14. The van der Waals surface area contributed by atoms with Crippen LogP contribution in [0.5, 0.6) is 5.75 Å². The maximum Gasteiger partial charge on any atom is 0.434 e. The summed E-state index contributed by atoms with van der Waals surface area (Å²) in [7, 11) is 0. The van der Waals surface area contributed by atoms with Crippen LogP contribution >= 0.6 is 11.3 Å². The smallest absolute Gasteiger partial charge is 0.434 e. The van der Waals surface area contributed by atoms with Gasteiger partial charge in [-0.15, -0.1) is 11.3 Å². The quantitative estimate of drug-likeness (QED) is 0.394. The lowest BCUT2D eigenvalue weighted by molar-refractivity contribution is -0.140. The van der Waals surface area contributed by atoms with Crippen LogP contribution in [0, 0.1) is 0 Å². The van der Waals surface area contributed by atoms with E-state index in [0.717, 1.165) is 33.7 Å². The average molecular weight is 450 g/mol. The first-order valence-corrected chi connectivity index (χ1v) is 10.5. The molecule has 0 aliphatic heterocycles. The van der Waals surface area contributed by atoms with Gasteiger partial charge in [-0.3, -0.25) is 4.98 Å². The fourth-order valence-corrected chi connectivity index (χ4v) is 3.27. The molecule has 164 valence electrons. The highest BCUT2D eigenvalue weighted by Gasteiger charge is 2.33. The molecule has 0 atom stereocenters. The highest BCUT2D eigenvalue weighted by Crippen LogP contribution is 2.29. The molecule has 1 aromatic carbocycles. The number of benzene rings is 1. The predicted octanol–water partition coefficient (Wildman–Crippen LogP) is 4.39. The number of alkyl halides is 3. The number of nitrogens with one attached hydrogen (secondary N) is 2. The molecule has 0 aliphatic rings. The topological polar surface area (TPSA) is 71.4 Å². The highest BCUT2D eigenvalue weighted by atomic mass is 32.1. The van der Waals surface area contributed by atoms with Gasteiger partial charge in [0.25, 0.3) is 0 Å². The number of ether oxygens (including phenoxy) is 1. The minimum Gasteiger partial charge on any atom is -0.487 e. The number of hydrogen-bond acceptors (Lipinski definition) is 5. The zero-order chi connectivity index (χ0) is 22.1. The van der Waals surface area contributed by atoms with E-state index in [1.54, 1.807) is 6.20 Å². The molecule has 0 saturated heterocycles. The zero-order valence-corrected chi connectivity index (χ0v) is 17.6. The fourth-order valence-electron chi connectivity index (χ4n) is 2.53. The predicted molar refractivity (Wildman–Crippen MR) is 114 cm³/mol. The van der Waals surface area contributed by atoms with Crippen molar-refractivity contribution in [2.75, 3.05) is 6.54 Å². The summed E-state index contributed by atoms with van der Waals surface area (Å²) in [6.07, 6.45) is -2.71. The van der Waals surface area contributed by atoms with Gasteiger partial charge >= 0.3 is 6.18 Å². The number of nitrogens with zero attached hydrogens (tertiary/aromatic N) is 3. The maximum atomic E-state index is 12.7. The molecular formula is C21H22F3N5OS. The summed E-state index contributed by atoms with van der Waals surface area (Å²) in [6, 6.07) is 13.2. The van der Waals surface area contributed by atoms with Crippen molar-refractivity contribution in [2.45, 2.75) is 32.8 Å². The summed E-state index contributed by atoms with van der Waals surface area (Å²) in [5, 5.41) is 7.43. The van der Waals surface area contributed by atoms with E-state index in [1.807, 2.05) is 49.4 Å². The third kappa shape index (κ3) is 7.25. The first-order valence-electron chi connectivity index (χ1n) is 9.59. The SMILES string of the molecule is CCNC(=NCc1ccc(OCc2ccccn2)cc1)NCc1nc(C(F)(F)F)cs1. The summed E-state index contributed by atoms with van der Waals surface area (Å²) in [4.78, 5) is 12.3. The van der Waals surface area contributed by atoms with Crippen molar-refractivity contribution in [2.24, 2.45) is 4.99 Å². The fraction of sp³-hybridized carbons (Fsp3) is 0.286. The minimum atomic E-state index is -4.43. The molecule has 0 saturated carbocycles. The zero-order valence-electron chi connectivity index (χ0n) is 16.8. The molecule has 0 radical (unpaired) electrons. The second kappa shape index (κ2) is 10.8. The van der Waals surface area contributed by atoms with Crippen LogP contribution in [0.3, 0.4) is 0 Å². The van der Waals surface area contributed by atoms with E-state index in [4.69, 9.17) is 4.74 Å². The lowest BCUT2D eigenvalue weighted by atomic mass is 10.2. The van der Waals surface area contributed by atoms with Crippen molar-refractivity contribution >= 4 is 17.3 Å². The number of thiazole rings is 1. The molecule has 0 aliphatic carbocycles. The number of hydrogen-bond donors (Lipinski definition) is 2. The molecule has 2 N–H and O–H groups in total. The third-order valence-electron chi connectivity index (χ3n) is 4.05. The molecular weight excluding hydrogens is 427 g/mol. The van der Waals surface area contributed by atoms with E-state index in [0.29, 0.717) is 30.7 Å². The van der Waals surface area contributed by atoms with Gasteiger partial charge in [-0.05, 0) is 36.8 Å². The molecule has 31 heavy (non-hydrogen) atoms. The van der Waals surface area contributed by atoms with E-state index in [1.165, 1.54) is 0 Å². The molecule has 0 spiro atoms. The van der Waals surface area contributed by atoms with Crippen LogP contribution in [0.4, 0.5) is 13.2 Å². The lowest BCUT2D eigenvalue weighted by Crippen LogP contribution is -2.36. The standard InChI is InChI=1S/C21H22F3N5OS/c1-2-25-20(28-12-19-29-18(14-31-19)21(22,23)24)27-11-15-6-8-17(9-7-15)30-13-16-5-3-4-10-26-16/h3-10,14H,2,11-13H2,1H3,(H2,25,27,28). The van der Waals surface area contributed by atoms with Gasteiger partial charge in [0.2, 0.25) is 0 Å². The highest BCUT2D eigenvalue weighted by molar-refractivity contribution is 7.09. The summed E-state index contributed by atoms with van der Waals surface area (Å²) in [5.74, 6) is 1.23. The monoisotopic (exact) mass is 449 g/mol. The Bertz CT molecular complexity index is 975. The van der Waals surface area contributed by atoms with Crippen LogP contribution in [-0.4, -0.2) is 22.5 Å². The molecule has 0 unspecified atom stereocenters. The summed E-state index contributed by atoms with van der Waals surface area (Å²) in [5.41, 5.74) is 0.942. The van der Waals surface area contributed by atoms with Crippen LogP contribution in [0.15, 0.2) is 59.0 Å². The van der Waals surface area contributed by atoms with Gasteiger partial charge in [-0.25, -0.2) is 9.98 Å². The van der Waals surface area contributed by atoms with Gasteiger partial charge in [0.15, 0.2) is 11.7 Å². The van der Waals surface area contributed by atoms with Gasteiger partial charge in [0, 0.05) is 18.1 Å². The largest absolute Gasteiger partial charge is 0.487 e. The Labute approximate surface area is 182 Å². The van der Waals surface area contributed by atoms with E-state index in [-0.39, 0.29) is 6.54 Å². The van der Waals surface area contributed by atoms with Crippen LogP contribution in [0.1, 0.15) is 28.9 Å². The van der Waals surface area contributed by atoms with Crippen molar-refractivity contribution in [3.8, 4) is 5.75 Å². The van der Waals surface area contributed by atoms with Gasteiger partial charge in [-0.2, -0.15) is 13.2 Å². The number of aromatic nitrogens is 2. The van der Waals surface area contributed by atoms with E-state index in [9.17, 15) is 13.2 Å². The Morgan fingerprint density at radius 3 is 2.58 bits per heavy atom. The van der Waals surface area contributed by atoms with E-state index < -0.39 is 11.9 Å². The Kier molecular flexibility index (Phi) is 7.82. The molecule has 3 aromatic rings. The second-order valence-electron chi connectivity index (χ2n) is 6.43.